The SMILES string of the molecule is CCOC(=O)C(C)(NCCN(C)C)c1ccc(F)c(F)c1. The van der Waals surface area contributed by atoms with Crippen molar-refractivity contribution in [3.63, 3.8) is 0 Å². The Kier molecular flexibility index (Phi) is 6.23. The summed E-state index contributed by atoms with van der Waals surface area (Å²) in [6.07, 6.45) is 0. The van der Waals surface area contributed by atoms with Gasteiger partial charge < -0.3 is 9.64 Å². The zero-order chi connectivity index (χ0) is 16.0. The molecule has 0 fully saturated rings. The van der Waals surface area contributed by atoms with Gasteiger partial charge in [-0.05, 0) is 45.6 Å². The molecule has 1 N–H and O–H groups in total. The first-order valence-corrected chi connectivity index (χ1v) is 6.83. The number of hydrogen-bond donors (Lipinski definition) is 1. The molecule has 118 valence electrons. The van der Waals surface area contributed by atoms with E-state index in [1.165, 1.54) is 6.07 Å². The van der Waals surface area contributed by atoms with Crippen LogP contribution in [0.25, 0.3) is 0 Å². The van der Waals surface area contributed by atoms with E-state index in [-0.39, 0.29) is 6.61 Å². The minimum absolute atomic E-state index is 0.216. The number of carbonyl (C=O) groups excluding carboxylic acids is 1. The lowest BCUT2D eigenvalue weighted by Crippen LogP contribution is -2.49. The molecule has 0 aliphatic rings. The largest absolute Gasteiger partial charge is 0.464 e. The molecular formula is C15H22F2N2O2. The zero-order valence-electron chi connectivity index (χ0n) is 12.9. The Labute approximate surface area is 124 Å². The van der Waals surface area contributed by atoms with Crippen LogP contribution in [-0.2, 0) is 15.1 Å². The molecule has 0 aliphatic heterocycles. The van der Waals surface area contributed by atoms with E-state index in [4.69, 9.17) is 4.74 Å². The Morgan fingerprint density at radius 3 is 2.52 bits per heavy atom. The molecule has 1 aromatic carbocycles. The minimum atomic E-state index is -1.22. The smallest absolute Gasteiger partial charge is 0.330 e. The molecule has 1 rings (SSSR count). The van der Waals surface area contributed by atoms with Crippen LogP contribution in [0, 0.1) is 11.6 Å². The average molecular weight is 300 g/mol. The van der Waals surface area contributed by atoms with Crippen molar-refractivity contribution in [2.24, 2.45) is 0 Å². The molecular weight excluding hydrogens is 278 g/mol. The third kappa shape index (κ3) is 4.47. The van der Waals surface area contributed by atoms with Crippen molar-refractivity contribution in [3.8, 4) is 0 Å². The van der Waals surface area contributed by atoms with Crippen LogP contribution in [0.5, 0.6) is 0 Å². The molecule has 0 spiro atoms. The van der Waals surface area contributed by atoms with Gasteiger partial charge in [0.15, 0.2) is 11.6 Å². The van der Waals surface area contributed by atoms with E-state index in [0.717, 1.165) is 12.1 Å². The summed E-state index contributed by atoms with van der Waals surface area (Å²) in [5.74, 6) is -2.45. The predicted molar refractivity (Wildman–Crippen MR) is 76.9 cm³/mol. The second-order valence-corrected chi connectivity index (χ2v) is 5.20. The fraction of sp³-hybridized carbons (Fsp3) is 0.533. The lowest BCUT2D eigenvalue weighted by atomic mass is 9.91. The number of halogens is 2. The number of hydrogen-bond acceptors (Lipinski definition) is 4. The third-order valence-electron chi connectivity index (χ3n) is 3.22. The van der Waals surface area contributed by atoms with Crippen LogP contribution in [0.3, 0.4) is 0 Å². The summed E-state index contributed by atoms with van der Waals surface area (Å²) in [4.78, 5) is 14.2. The number of carbonyl (C=O) groups is 1. The van der Waals surface area contributed by atoms with Gasteiger partial charge in [-0.15, -0.1) is 0 Å². The van der Waals surface area contributed by atoms with E-state index in [0.29, 0.717) is 18.7 Å². The first-order valence-electron chi connectivity index (χ1n) is 6.83. The van der Waals surface area contributed by atoms with E-state index in [9.17, 15) is 13.6 Å². The summed E-state index contributed by atoms with van der Waals surface area (Å²) < 4.78 is 31.6. The number of rotatable bonds is 7. The van der Waals surface area contributed by atoms with Gasteiger partial charge in [0.1, 0.15) is 5.54 Å². The highest BCUT2D eigenvalue weighted by Gasteiger charge is 2.36. The molecule has 0 amide bonds. The van der Waals surface area contributed by atoms with E-state index in [1.807, 2.05) is 19.0 Å². The fourth-order valence-electron chi connectivity index (χ4n) is 1.90. The van der Waals surface area contributed by atoms with Crippen LogP contribution in [0.4, 0.5) is 8.78 Å². The van der Waals surface area contributed by atoms with Gasteiger partial charge in [-0.2, -0.15) is 0 Å². The summed E-state index contributed by atoms with van der Waals surface area (Å²) in [5, 5.41) is 3.07. The molecule has 0 aromatic heterocycles. The molecule has 6 heteroatoms. The first kappa shape index (κ1) is 17.5. The number of nitrogens with one attached hydrogen (secondary N) is 1. The number of ether oxygens (including phenoxy) is 1. The van der Waals surface area contributed by atoms with Gasteiger partial charge >= 0.3 is 5.97 Å². The minimum Gasteiger partial charge on any atom is -0.464 e. The topological polar surface area (TPSA) is 41.6 Å². The fourth-order valence-corrected chi connectivity index (χ4v) is 1.90. The Morgan fingerprint density at radius 1 is 1.33 bits per heavy atom. The lowest BCUT2D eigenvalue weighted by Gasteiger charge is -2.29. The maximum absolute atomic E-state index is 13.4. The van der Waals surface area contributed by atoms with Crippen molar-refractivity contribution in [3.05, 3.63) is 35.4 Å². The van der Waals surface area contributed by atoms with Gasteiger partial charge in [-0.1, -0.05) is 6.07 Å². The van der Waals surface area contributed by atoms with Gasteiger partial charge in [0.25, 0.3) is 0 Å². The Hall–Kier alpha value is -1.53. The predicted octanol–water partition coefficient (Wildman–Crippen LogP) is 1.89. The third-order valence-corrected chi connectivity index (χ3v) is 3.22. The van der Waals surface area contributed by atoms with Crippen molar-refractivity contribution in [2.45, 2.75) is 19.4 Å². The summed E-state index contributed by atoms with van der Waals surface area (Å²) in [6.45, 7) is 4.71. The van der Waals surface area contributed by atoms with E-state index in [2.05, 4.69) is 5.32 Å². The molecule has 0 saturated carbocycles. The van der Waals surface area contributed by atoms with Crippen molar-refractivity contribution in [1.29, 1.82) is 0 Å². The Balaban J connectivity index is 3.04. The lowest BCUT2D eigenvalue weighted by molar-refractivity contribution is -0.151. The number of nitrogens with zero attached hydrogens (tertiary/aromatic N) is 1. The van der Waals surface area contributed by atoms with Crippen LogP contribution in [0.2, 0.25) is 0 Å². The molecule has 1 aromatic rings. The van der Waals surface area contributed by atoms with Gasteiger partial charge in [-0.25, -0.2) is 13.6 Å². The zero-order valence-corrected chi connectivity index (χ0v) is 12.9. The van der Waals surface area contributed by atoms with E-state index < -0.39 is 23.1 Å². The molecule has 0 radical (unpaired) electrons. The molecule has 0 heterocycles. The van der Waals surface area contributed by atoms with E-state index >= 15 is 0 Å². The van der Waals surface area contributed by atoms with Crippen LogP contribution in [0.15, 0.2) is 18.2 Å². The van der Waals surface area contributed by atoms with Crippen molar-refractivity contribution < 1.29 is 18.3 Å². The summed E-state index contributed by atoms with van der Waals surface area (Å²) >= 11 is 0. The summed E-state index contributed by atoms with van der Waals surface area (Å²) in [7, 11) is 3.81. The monoisotopic (exact) mass is 300 g/mol. The van der Waals surface area contributed by atoms with Gasteiger partial charge in [-0.3, -0.25) is 5.32 Å². The number of esters is 1. The maximum Gasteiger partial charge on any atom is 0.330 e. The number of benzene rings is 1. The molecule has 4 nitrogen and oxygen atoms in total. The summed E-state index contributed by atoms with van der Waals surface area (Å²) in [5.41, 5.74) is -0.890. The van der Waals surface area contributed by atoms with Crippen molar-refractivity contribution in [1.82, 2.24) is 10.2 Å². The van der Waals surface area contributed by atoms with E-state index in [1.54, 1.807) is 13.8 Å². The highest BCUT2D eigenvalue weighted by molar-refractivity contribution is 5.82. The van der Waals surface area contributed by atoms with Crippen LogP contribution >= 0.6 is 0 Å². The molecule has 0 aliphatic carbocycles. The number of likely N-dealkylation sites (N-methyl/N-ethyl adjacent to an activating group) is 1. The average Bonchev–Trinajstić information content (AvgIpc) is 2.41. The van der Waals surface area contributed by atoms with Gasteiger partial charge in [0.05, 0.1) is 6.61 Å². The Bertz CT molecular complexity index is 495. The highest BCUT2D eigenvalue weighted by atomic mass is 19.2. The van der Waals surface area contributed by atoms with Crippen LogP contribution in [-0.4, -0.2) is 44.7 Å². The second kappa shape index (κ2) is 7.47. The summed E-state index contributed by atoms with van der Waals surface area (Å²) in [6, 6.07) is 3.42. The molecule has 0 saturated heterocycles. The normalized spacial score (nSPS) is 14.0. The molecule has 0 bridgehead atoms. The molecule has 1 atom stereocenters. The van der Waals surface area contributed by atoms with Crippen LogP contribution in [0.1, 0.15) is 19.4 Å². The quantitative estimate of drug-likeness (QED) is 0.781. The van der Waals surface area contributed by atoms with Crippen molar-refractivity contribution >= 4 is 5.97 Å². The highest BCUT2D eigenvalue weighted by Crippen LogP contribution is 2.24. The van der Waals surface area contributed by atoms with Crippen molar-refractivity contribution in [2.75, 3.05) is 33.8 Å². The molecule has 21 heavy (non-hydrogen) atoms. The standard InChI is InChI=1S/C15H22F2N2O2/c1-5-21-14(20)15(2,18-8-9-19(3)4)11-6-7-12(16)13(17)10-11/h6-7,10,18H,5,8-9H2,1-4H3. The van der Waals surface area contributed by atoms with Gasteiger partial charge in [0.2, 0.25) is 0 Å². The Morgan fingerprint density at radius 2 is 2.00 bits per heavy atom. The van der Waals surface area contributed by atoms with Gasteiger partial charge in [0, 0.05) is 13.1 Å². The first-order chi connectivity index (χ1) is 9.81. The molecule has 1 unspecified atom stereocenters. The van der Waals surface area contributed by atoms with Crippen LogP contribution < -0.4 is 5.32 Å². The second-order valence-electron chi connectivity index (χ2n) is 5.20. The maximum atomic E-state index is 13.4.